The van der Waals surface area contributed by atoms with E-state index in [2.05, 4.69) is 16.8 Å². The Morgan fingerprint density at radius 2 is 1.83 bits per heavy atom. The van der Waals surface area contributed by atoms with E-state index >= 15 is 0 Å². The van der Waals surface area contributed by atoms with Crippen LogP contribution in [0, 0.1) is 0 Å². The van der Waals surface area contributed by atoms with Gasteiger partial charge in [-0.2, -0.15) is 0 Å². The van der Waals surface area contributed by atoms with Crippen LogP contribution in [0.25, 0.3) is 10.9 Å². The molecule has 152 valence electrons. The van der Waals surface area contributed by atoms with E-state index in [4.69, 9.17) is 0 Å². The molecule has 5 nitrogen and oxygen atoms in total. The lowest BCUT2D eigenvalue weighted by atomic mass is 10.1. The molecule has 0 aliphatic heterocycles. The maximum absolute atomic E-state index is 13.0. The molecule has 0 saturated carbocycles. The van der Waals surface area contributed by atoms with Crippen molar-refractivity contribution >= 4 is 28.4 Å². The van der Waals surface area contributed by atoms with Crippen molar-refractivity contribution in [2.24, 2.45) is 0 Å². The number of Topliss-reactive ketones (excluding diaryl/α,β-unsaturated/α-hetero) is 1. The monoisotopic (exact) mass is 409 g/mol. The van der Waals surface area contributed by atoms with Crippen molar-refractivity contribution in [3.05, 3.63) is 70.0 Å². The predicted octanol–water partition coefficient (Wildman–Crippen LogP) is 3.89. The van der Waals surface area contributed by atoms with Crippen LogP contribution in [-0.4, -0.2) is 46.6 Å². The maximum atomic E-state index is 13.0. The Bertz CT molecular complexity index is 1040. The molecular formula is C23H27N3O2S. The molecule has 2 aromatic carbocycles. The van der Waals surface area contributed by atoms with Gasteiger partial charge >= 0.3 is 0 Å². The maximum Gasteiger partial charge on any atom is 0.262 e. The van der Waals surface area contributed by atoms with Gasteiger partial charge in [-0.15, -0.1) is 0 Å². The fourth-order valence-electron chi connectivity index (χ4n) is 3.14. The van der Waals surface area contributed by atoms with E-state index in [0.717, 1.165) is 19.4 Å². The summed E-state index contributed by atoms with van der Waals surface area (Å²) in [5.41, 5.74) is 2.53. The molecule has 0 atom stereocenters. The van der Waals surface area contributed by atoms with Gasteiger partial charge in [-0.1, -0.05) is 55.1 Å². The van der Waals surface area contributed by atoms with E-state index in [9.17, 15) is 9.59 Å². The fraction of sp³-hybridized carbons (Fsp3) is 0.348. The van der Waals surface area contributed by atoms with E-state index in [1.54, 1.807) is 4.57 Å². The number of rotatable bonds is 9. The highest BCUT2D eigenvalue weighted by atomic mass is 32.2. The van der Waals surface area contributed by atoms with Gasteiger partial charge in [0.25, 0.3) is 5.56 Å². The molecule has 1 heterocycles. The number of carbonyl (C=O) groups excluding carboxylic acids is 1. The number of aryl methyl sites for hydroxylation is 1. The largest absolute Gasteiger partial charge is 0.309 e. The third-order valence-electron chi connectivity index (χ3n) is 4.83. The van der Waals surface area contributed by atoms with Crippen molar-refractivity contribution in [3.63, 3.8) is 0 Å². The number of ketones is 1. The molecule has 0 fully saturated rings. The molecule has 0 amide bonds. The van der Waals surface area contributed by atoms with E-state index in [1.165, 1.54) is 17.3 Å². The molecule has 0 aliphatic rings. The van der Waals surface area contributed by atoms with Gasteiger partial charge < -0.3 is 4.90 Å². The van der Waals surface area contributed by atoms with Crippen LogP contribution in [-0.2, 0) is 13.0 Å². The fourth-order valence-corrected chi connectivity index (χ4v) is 4.06. The van der Waals surface area contributed by atoms with Crippen LogP contribution in [0.1, 0.15) is 29.3 Å². The minimum atomic E-state index is -0.0448. The number of nitrogens with zero attached hydrogens (tertiary/aromatic N) is 3. The summed E-state index contributed by atoms with van der Waals surface area (Å²) in [7, 11) is 4.03. The van der Waals surface area contributed by atoms with Crippen LogP contribution < -0.4 is 5.56 Å². The second-order valence-corrected chi connectivity index (χ2v) is 8.23. The average molecular weight is 410 g/mol. The topological polar surface area (TPSA) is 55.2 Å². The van der Waals surface area contributed by atoms with Gasteiger partial charge in [0.1, 0.15) is 0 Å². The minimum absolute atomic E-state index is 0.0416. The molecule has 0 saturated heterocycles. The van der Waals surface area contributed by atoms with Crippen LogP contribution in [0.15, 0.2) is 58.5 Å². The second kappa shape index (κ2) is 9.85. The Labute approximate surface area is 175 Å². The first kappa shape index (κ1) is 21.3. The van der Waals surface area contributed by atoms with Gasteiger partial charge in [0, 0.05) is 12.1 Å². The molecule has 0 N–H and O–H groups in total. The molecule has 6 heteroatoms. The normalized spacial score (nSPS) is 11.3. The smallest absolute Gasteiger partial charge is 0.262 e. The van der Waals surface area contributed by atoms with Crippen molar-refractivity contribution in [2.75, 3.05) is 26.4 Å². The summed E-state index contributed by atoms with van der Waals surface area (Å²) in [5, 5.41) is 1.22. The molecule has 3 rings (SSSR count). The van der Waals surface area contributed by atoms with Gasteiger partial charge in [0.05, 0.1) is 16.7 Å². The summed E-state index contributed by atoms with van der Waals surface area (Å²) in [6, 6.07) is 15.1. The van der Waals surface area contributed by atoms with Gasteiger partial charge in [-0.3, -0.25) is 14.2 Å². The zero-order valence-electron chi connectivity index (χ0n) is 17.2. The summed E-state index contributed by atoms with van der Waals surface area (Å²) < 4.78 is 1.71. The van der Waals surface area contributed by atoms with Crippen molar-refractivity contribution in [3.8, 4) is 0 Å². The van der Waals surface area contributed by atoms with E-state index in [1.807, 2.05) is 62.6 Å². The Hall–Kier alpha value is -2.44. The third-order valence-corrected chi connectivity index (χ3v) is 5.81. The number of carbonyl (C=O) groups is 1. The van der Waals surface area contributed by atoms with Crippen LogP contribution in [0.2, 0.25) is 0 Å². The lowest BCUT2D eigenvalue weighted by Gasteiger charge is -2.14. The molecule has 0 radical (unpaired) electrons. The molecule has 0 bridgehead atoms. The number of benzene rings is 2. The van der Waals surface area contributed by atoms with Crippen LogP contribution in [0.5, 0.6) is 0 Å². The Balaban J connectivity index is 1.83. The predicted molar refractivity (Wildman–Crippen MR) is 120 cm³/mol. The number of thioether (sulfide) groups is 1. The highest BCUT2D eigenvalue weighted by Gasteiger charge is 2.14. The quantitative estimate of drug-likeness (QED) is 0.305. The Morgan fingerprint density at radius 1 is 1.10 bits per heavy atom. The SMILES string of the molecule is CCc1ccc(C(=O)CSc2nc3ccccc3c(=O)n2CCCN(C)C)cc1. The second-order valence-electron chi connectivity index (χ2n) is 7.29. The number of fused-ring (bicyclic) bond motifs is 1. The van der Waals surface area contributed by atoms with Crippen molar-refractivity contribution in [2.45, 2.75) is 31.5 Å². The summed E-state index contributed by atoms with van der Waals surface area (Å²) in [6.45, 7) is 3.55. The molecule has 0 spiro atoms. The zero-order chi connectivity index (χ0) is 20.8. The van der Waals surface area contributed by atoms with Crippen LogP contribution in [0.3, 0.4) is 0 Å². The molecule has 3 aromatic rings. The number of hydrogen-bond donors (Lipinski definition) is 0. The number of aromatic nitrogens is 2. The highest BCUT2D eigenvalue weighted by molar-refractivity contribution is 7.99. The molecule has 0 aliphatic carbocycles. The highest BCUT2D eigenvalue weighted by Crippen LogP contribution is 2.20. The van der Waals surface area contributed by atoms with Gasteiger partial charge in [0.2, 0.25) is 0 Å². The molecular weight excluding hydrogens is 382 g/mol. The first-order valence-electron chi connectivity index (χ1n) is 9.89. The van der Waals surface area contributed by atoms with Gasteiger partial charge in [0.15, 0.2) is 10.9 Å². The molecule has 29 heavy (non-hydrogen) atoms. The standard InChI is InChI=1S/C23H27N3O2S/c1-4-17-10-12-18(13-11-17)21(27)16-29-23-24-20-9-6-5-8-19(20)22(28)26(23)15-7-14-25(2)3/h5-6,8-13H,4,7,14-16H2,1-3H3. The molecule has 0 unspecified atom stereocenters. The Kier molecular flexibility index (Phi) is 7.23. The lowest BCUT2D eigenvalue weighted by molar-refractivity contribution is 0.102. The minimum Gasteiger partial charge on any atom is -0.309 e. The van der Waals surface area contributed by atoms with E-state index < -0.39 is 0 Å². The first-order chi connectivity index (χ1) is 14.0. The summed E-state index contributed by atoms with van der Waals surface area (Å²) in [4.78, 5) is 32.4. The van der Waals surface area contributed by atoms with Crippen molar-refractivity contribution < 1.29 is 4.79 Å². The first-order valence-corrected chi connectivity index (χ1v) is 10.9. The van der Waals surface area contributed by atoms with Crippen molar-refractivity contribution in [1.82, 2.24) is 14.5 Å². The zero-order valence-corrected chi connectivity index (χ0v) is 18.0. The van der Waals surface area contributed by atoms with Crippen molar-refractivity contribution in [1.29, 1.82) is 0 Å². The Morgan fingerprint density at radius 3 is 2.52 bits per heavy atom. The van der Waals surface area contributed by atoms with Crippen LogP contribution >= 0.6 is 11.8 Å². The summed E-state index contributed by atoms with van der Waals surface area (Å²) >= 11 is 1.34. The number of hydrogen-bond acceptors (Lipinski definition) is 5. The average Bonchev–Trinajstić information content (AvgIpc) is 2.73. The summed E-state index contributed by atoms with van der Waals surface area (Å²) in [6.07, 6.45) is 1.79. The van der Waals surface area contributed by atoms with Gasteiger partial charge in [-0.05, 0) is 51.2 Å². The van der Waals surface area contributed by atoms with Crippen LogP contribution in [0.4, 0.5) is 0 Å². The lowest BCUT2D eigenvalue weighted by Crippen LogP contribution is -2.25. The summed E-state index contributed by atoms with van der Waals surface area (Å²) in [5.74, 6) is 0.295. The van der Waals surface area contributed by atoms with Gasteiger partial charge in [-0.25, -0.2) is 4.98 Å². The molecule has 1 aromatic heterocycles. The number of para-hydroxylation sites is 1. The third kappa shape index (κ3) is 5.34. The van der Waals surface area contributed by atoms with E-state index in [0.29, 0.717) is 28.2 Å². The van der Waals surface area contributed by atoms with E-state index in [-0.39, 0.29) is 17.1 Å².